The summed E-state index contributed by atoms with van der Waals surface area (Å²) in [5.41, 5.74) is 5.45. The molecule has 0 radical (unpaired) electrons. The van der Waals surface area contributed by atoms with Crippen LogP contribution in [0.15, 0.2) is 23.2 Å². The lowest BCUT2D eigenvalue weighted by atomic mass is 10.1. The maximum atomic E-state index is 12.2. The molecule has 0 aliphatic carbocycles. The van der Waals surface area contributed by atoms with Crippen LogP contribution in [0.5, 0.6) is 0 Å². The van der Waals surface area contributed by atoms with E-state index in [1.54, 1.807) is 6.07 Å². The predicted octanol–water partition coefficient (Wildman–Crippen LogP) is 0.605. The average Bonchev–Trinajstić information content (AvgIpc) is 2.37. The van der Waals surface area contributed by atoms with Crippen molar-refractivity contribution >= 4 is 10.0 Å². The Morgan fingerprint density at radius 1 is 1.53 bits per heavy atom. The highest BCUT2D eigenvalue weighted by molar-refractivity contribution is 7.89. The van der Waals surface area contributed by atoms with Crippen LogP contribution in [-0.4, -0.2) is 26.0 Å². The van der Waals surface area contributed by atoms with E-state index in [4.69, 9.17) is 11.0 Å². The molecule has 0 aromatic carbocycles. The Bertz CT molecular complexity index is 563. The van der Waals surface area contributed by atoms with Crippen molar-refractivity contribution in [3.8, 4) is 6.07 Å². The van der Waals surface area contributed by atoms with Crippen LogP contribution in [0.2, 0.25) is 0 Å². The summed E-state index contributed by atoms with van der Waals surface area (Å²) in [4.78, 5) is 3.63. The fraction of sp³-hybridized carbons (Fsp3) is 0.500. The zero-order valence-electron chi connectivity index (χ0n) is 11.0. The van der Waals surface area contributed by atoms with Gasteiger partial charge in [-0.2, -0.15) is 5.26 Å². The molecule has 0 amide bonds. The van der Waals surface area contributed by atoms with Crippen molar-refractivity contribution in [3.05, 3.63) is 24.0 Å². The second-order valence-corrected chi connectivity index (χ2v) is 6.33. The molecular formula is C12H18N4O2S. The Kier molecular flexibility index (Phi) is 5.42. The van der Waals surface area contributed by atoms with Gasteiger partial charge in [0.25, 0.3) is 0 Å². The first-order valence-electron chi connectivity index (χ1n) is 5.98. The van der Waals surface area contributed by atoms with Crippen LogP contribution in [0.1, 0.15) is 26.0 Å². The van der Waals surface area contributed by atoms with E-state index in [0.717, 1.165) is 0 Å². The standard InChI is InChI=1S/C12H18N4O2S/c1-9(2)6-10(7-13)16-19(17,18)12-4-3-5-15-11(12)8-14/h3-5,9-10,16H,6-7,13H2,1-2H3. The summed E-state index contributed by atoms with van der Waals surface area (Å²) in [6, 6.07) is 4.26. The molecule has 7 heteroatoms. The average molecular weight is 282 g/mol. The fourth-order valence-electron chi connectivity index (χ4n) is 1.74. The Morgan fingerprint density at radius 3 is 2.74 bits per heavy atom. The molecule has 1 heterocycles. The van der Waals surface area contributed by atoms with Gasteiger partial charge in [-0.25, -0.2) is 18.1 Å². The number of aromatic nitrogens is 1. The summed E-state index contributed by atoms with van der Waals surface area (Å²) < 4.78 is 26.9. The largest absolute Gasteiger partial charge is 0.329 e. The van der Waals surface area contributed by atoms with E-state index < -0.39 is 10.0 Å². The molecule has 1 rings (SSSR count). The van der Waals surface area contributed by atoms with E-state index in [-0.39, 0.29) is 23.2 Å². The van der Waals surface area contributed by atoms with Gasteiger partial charge in [0.05, 0.1) is 0 Å². The first-order valence-corrected chi connectivity index (χ1v) is 7.46. The number of nitrogens with two attached hydrogens (primary N) is 1. The van der Waals surface area contributed by atoms with Crippen LogP contribution in [0.3, 0.4) is 0 Å². The smallest absolute Gasteiger partial charge is 0.243 e. The van der Waals surface area contributed by atoms with E-state index in [0.29, 0.717) is 12.3 Å². The number of sulfonamides is 1. The first-order chi connectivity index (χ1) is 8.90. The molecule has 1 unspecified atom stereocenters. The Hall–Kier alpha value is -1.49. The van der Waals surface area contributed by atoms with Gasteiger partial charge < -0.3 is 5.73 Å². The zero-order chi connectivity index (χ0) is 14.5. The number of pyridine rings is 1. The lowest BCUT2D eigenvalue weighted by Gasteiger charge is -2.18. The SMILES string of the molecule is CC(C)CC(CN)NS(=O)(=O)c1cccnc1C#N. The van der Waals surface area contributed by atoms with E-state index in [2.05, 4.69) is 9.71 Å². The van der Waals surface area contributed by atoms with Crippen molar-refractivity contribution in [2.24, 2.45) is 11.7 Å². The number of nitriles is 1. The number of hydrogen-bond donors (Lipinski definition) is 2. The van der Waals surface area contributed by atoms with E-state index in [1.807, 2.05) is 13.8 Å². The van der Waals surface area contributed by atoms with Crippen molar-refractivity contribution in [1.29, 1.82) is 5.26 Å². The monoisotopic (exact) mass is 282 g/mol. The van der Waals surface area contributed by atoms with Gasteiger partial charge in [0.2, 0.25) is 10.0 Å². The summed E-state index contributed by atoms with van der Waals surface area (Å²) in [5.74, 6) is 0.320. The third-order valence-electron chi connectivity index (χ3n) is 2.53. The van der Waals surface area contributed by atoms with Crippen LogP contribution in [0.4, 0.5) is 0 Å². The lowest BCUT2D eigenvalue weighted by molar-refractivity contribution is 0.465. The van der Waals surface area contributed by atoms with Gasteiger partial charge in [0.15, 0.2) is 5.69 Å². The van der Waals surface area contributed by atoms with Crippen LogP contribution < -0.4 is 10.5 Å². The van der Waals surface area contributed by atoms with E-state index >= 15 is 0 Å². The van der Waals surface area contributed by atoms with E-state index in [9.17, 15) is 8.42 Å². The van der Waals surface area contributed by atoms with Crippen LogP contribution >= 0.6 is 0 Å². The summed E-state index contributed by atoms with van der Waals surface area (Å²) >= 11 is 0. The van der Waals surface area contributed by atoms with Crippen LogP contribution in [-0.2, 0) is 10.0 Å². The molecule has 1 aromatic heterocycles. The van der Waals surface area contributed by atoms with Gasteiger partial charge in [0, 0.05) is 18.8 Å². The maximum absolute atomic E-state index is 12.2. The van der Waals surface area contributed by atoms with Gasteiger partial charge in [-0.05, 0) is 24.5 Å². The fourth-order valence-corrected chi connectivity index (χ4v) is 3.10. The quantitative estimate of drug-likeness (QED) is 0.794. The minimum Gasteiger partial charge on any atom is -0.329 e. The Labute approximate surface area is 113 Å². The molecule has 3 N–H and O–H groups in total. The number of rotatable bonds is 6. The maximum Gasteiger partial charge on any atom is 0.243 e. The molecule has 0 aliphatic heterocycles. The number of hydrogen-bond acceptors (Lipinski definition) is 5. The number of nitrogens with one attached hydrogen (secondary N) is 1. The van der Waals surface area contributed by atoms with Crippen molar-refractivity contribution < 1.29 is 8.42 Å². The summed E-state index contributed by atoms with van der Waals surface area (Å²) in [5, 5.41) is 8.89. The van der Waals surface area contributed by atoms with Gasteiger partial charge in [-0.3, -0.25) is 0 Å². The molecule has 1 aromatic rings. The Balaban J connectivity index is 3.01. The first kappa shape index (κ1) is 15.6. The van der Waals surface area contributed by atoms with Crippen molar-refractivity contribution in [2.75, 3.05) is 6.54 Å². The van der Waals surface area contributed by atoms with Crippen molar-refractivity contribution in [1.82, 2.24) is 9.71 Å². The third kappa shape index (κ3) is 4.28. The predicted molar refractivity (Wildman–Crippen MR) is 71.6 cm³/mol. The van der Waals surface area contributed by atoms with Crippen molar-refractivity contribution in [2.45, 2.75) is 31.2 Å². The molecule has 0 bridgehead atoms. The third-order valence-corrected chi connectivity index (χ3v) is 4.08. The van der Waals surface area contributed by atoms with Crippen LogP contribution in [0, 0.1) is 17.2 Å². The molecule has 1 atom stereocenters. The molecule has 0 fully saturated rings. The molecule has 0 saturated carbocycles. The minimum atomic E-state index is -3.77. The van der Waals surface area contributed by atoms with Gasteiger partial charge in [-0.1, -0.05) is 13.8 Å². The highest BCUT2D eigenvalue weighted by Crippen LogP contribution is 2.14. The minimum absolute atomic E-state index is 0.111. The Morgan fingerprint density at radius 2 is 2.21 bits per heavy atom. The molecule has 0 spiro atoms. The summed E-state index contributed by atoms with van der Waals surface area (Å²) in [6.45, 7) is 4.18. The molecular weight excluding hydrogens is 264 g/mol. The molecule has 6 nitrogen and oxygen atoms in total. The normalized spacial score (nSPS) is 13.2. The van der Waals surface area contributed by atoms with Gasteiger partial charge >= 0.3 is 0 Å². The summed E-state index contributed by atoms with van der Waals surface area (Å²) in [7, 11) is -3.77. The highest BCUT2D eigenvalue weighted by Gasteiger charge is 2.23. The highest BCUT2D eigenvalue weighted by atomic mass is 32.2. The topological polar surface area (TPSA) is 109 Å². The molecule has 0 saturated heterocycles. The second kappa shape index (κ2) is 6.61. The van der Waals surface area contributed by atoms with Gasteiger partial charge in [0.1, 0.15) is 11.0 Å². The molecule has 0 aliphatic rings. The van der Waals surface area contributed by atoms with Crippen LogP contribution in [0.25, 0.3) is 0 Å². The molecule has 19 heavy (non-hydrogen) atoms. The summed E-state index contributed by atoms with van der Waals surface area (Å²) in [6.07, 6.45) is 2.02. The second-order valence-electron chi connectivity index (χ2n) is 4.65. The van der Waals surface area contributed by atoms with Gasteiger partial charge in [-0.15, -0.1) is 0 Å². The lowest BCUT2D eigenvalue weighted by Crippen LogP contribution is -2.41. The zero-order valence-corrected chi connectivity index (χ0v) is 11.8. The number of nitrogens with zero attached hydrogens (tertiary/aromatic N) is 2. The molecule has 104 valence electrons. The van der Waals surface area contributed by atoms with Crippen molar-refractivity contribution in [3.63, 3.8) is 0 Å². The van der Waals surface area contributed by atoms with E-state index in [1.165, 1.54) is 18.3 Å².